The largest absolute Gasteiger partial charge is 0.369 e. The molecule has 3 nitrogen and oxygen atoms in total. The minimum Gasteiger partial charge on any atom is -0.369 e. The second-order valence-corrected chi connectivity index (χ2v) is 4.67. The monoisotopic (exact) mass is 227 g/mol. The minimum atomic E-state index is 1.09. The van der Waals surface area contributed by atoms with Gasteiger partial charge in [0.05, 0.1) is 5.52 Å². The molecule has 0 amide bonds. The molecule has 0 aliphatic carbocycles. The van der Waals surface area contributed by atoms with Crippen LogP contribution < -0.4 is 4.90 Å². The number of hydrogen-bond donors (Lipinski definition) is 0. The van der Waals surface area contributed by atoms with Crippen LogP contribution >= 0.6 is 0 Å². The van der Waals surface area contributed by atoms with Crippen LogP contribution in [0.3, 0.4) is 0 Å². The van der Waals surface area contributed by atoms with Gasteiger partial charge in [-0.05, 0) is 25.2 Å². The third-order valence-corrected chi connectivity index (χ3v) is 3.46. The molecular formula is C14H17N3. The average Bonchev–Trinajstić information content (AvgIpc) is 2.39. The summed E-state index contributed by atoms with van der Waals surface area (Å²) in [4.78, 5) is 9.22. The Morgan fingerprint density at radius 2 is 1.88 bits per heavy atom. The lowest BCUT2D eigenvalue weighted by Gasteiger charge is -2.34. The third-order valence-electron chi connectivity index (χ3n) is 3.46. The fourth-order valence-corrected chi connectivity index (χ4v) is 2.32. The molecule has 0 N–H and O–H groups in total. The molecule has 88 valence electrons. The van der Waals surface area contributed by atoms with Crippen LogP contribution in [0, 0.1) is 0 Å². The molecule has 1 aromatic carbocycles. The first-order valence-electron chi connectivity index (χ1n) is 6.11. The minimum absolute atomic E-state index is 1.09. The highest BCUT2D eigenvalue weighted by Crippen LogP contribution is 2.21. The lowest BCUT2D eigenvalue weighted by Crippen LogP contribution is -2.44. The Labute approximate surface area is 102 Å². The summed E-state index contributed by atoms with van der Waals surface area (Å²) in [5.41, 5.74) is 2.38. The van der Waals surface area contributed by atoms with Crippen molar-refractivity contribution in [3.63, 3.8) is 0 Å². The zero-order chi connectivity index (χ0) is 11.7. The van der Waals surface area contributed by atoms with Crippen LogP contribution in [0.5, 0.6) is 0 Å². The van der Waals surface area contributed by atoms with Crippen molar-refractivity contribution in [1.82, 2.24) is 9.88 Å². The molecule has 0 radical (unpaired) electrons. The standard InChI is InChI=1S/C14H17N3/c1-16-7-9-17(10-8-16)13-5-4-12-3-2-6-15-14(12)11-13/h2-6,11H,7-10H2,1H3. The number of benzene rings is 1. The van der Waals surface area contributed by atoms with Crippen LogP contribution in [0.2, 0.25) is 0 Å². The van der Waals surface area contributed by atoms with Crippen molar-refractivity contribution in [2.45, 2.75) is 0 Å². The summed E-state index contributed by atoms with van der Waals surface area (Å²) in [7, 11) is 2.18. The van der Waals surface area contributed by atoms with Gasteiger partial charge in [0, 0.05) is 43.4 Å². The topological polar surface area (TPSA) is 19.4 Å². The van der Waals surface area contributed by atoms with E-state index in [1.54, 1.807) is 0 Å². The fourth-order valence-electron chi connectivity index (χ4n) is 2.32. The highest BCUT2D eigenvalue weighted by molar-refractivity contribution is 5.82. The lowest BCUT2D eigenvalue weighted by atomic mass is 10.2. The molecule has 1 saturated heterocycles. The Bertz CT molecular complexity index is 516. The first kappa shape index (κ1) is 10.5. The van der Waals surface area contributed by atoms with Gasteiger partial charge in [-0.2, -0.15) is 0 Å². The highest BCUT2D eigenvalue weighted by atomic mass is 15.2. The van der Waals surface area contributed by atoms with Gasteiger partial charge in [0.15, 0.2) is 0 Å². The number of fused-ring (bicyclic) bond motifs is 1. The summed E-state index contributed by atoms with van der Waals surface area (Å²) in [5.74, 6) is 0. The van der Waals surface area contributed by atoms with Gasteiger partial charge < -0.3 is 9.80 Å². The van der Waals surface area contributed by atoms with Gasteiger partial charge in [-0.1, -0.05) is 12.1 Å². The van der Waals surface area contributed by atoms with Crippen molar-refractivity contribution in [3.8, 4) is 0 Å². The summed E-state index contributed by atoms with van der Waals surface area (Å²) < 4.78 is 0. The zero-order valence-electron chi connectivity index (χ0n) is 10.1. The molecule has 2 heterocycles. The molecule has 1 aliphatic rings. The molecule has 0 atom stereocenters. The Kier molecular flexibility index (Phi) is 2.69. The summed E-state index contributed by atoms with van der Waals surface area (Å²) in [5, 5.41) is 1.21. The first-order valence-corrected chi connectivity index (χ1v) is 6.11. The van der Waals surface area contributed by atoms with Crippen molar-refractivity contribution in [2.75, 3.05) is 38.1 Å². The Morgan fingerprint density at radius 1 is 1.06 bits per heavy atom. The van der Waals surface area contributed by atoms with E-state index in [-0.39, 0.29) is 0 Å². The number of anilines is 1. The summed E-state index contributed by atoms with van der Waals surface area (Å²) in [6.45, 7) is 4.49. The predicted octanol–water partition coefficient (Wildman–Crippen LogP) is 1.99. The molecule has 3 rings (SSSR count). The molecule has 0 saturated carbocycles. The van der Waals surface area contributed by atoms with Gasteiger partial charge in [0.2, 0.25) is 0 Å². The molecule has 3 heteroatoms. The van der Waals surface area contributed by atoms with Gasteiger partial charge in [0.25, 0.3) is 0 Å². The van der Waals surface area contributed by atoms with E-state index in [9.17, 15) is 0 Å². The maximum absolute atomic E-state index is 4.41. The Hall–Kier alpha value is -1.61. The van der Waals surface area contributed by atoms with E-state index < -0.39 is 0 Å². The number of pyridine rings is 1. The van der Waals surface area contributed by atoms with E-state index in [0.29, 0.717) is 0 Å². The molecule has 0 bridgehead atoms. The smallest absolute Gasteiger partial charge is 0.0722 e. The Morgan fingerprint density at radius 3 is 2.71 bits per heavy atom. The number of piperazine rings is 1. The predicted molar refractivity (Wildman–Crippen MR) is 71.5 cm³/mol. The van der Waals surface area contributed by atoms with E-state index in [2.05, 4.69) is 46.1 Å². The molecule has 0 unspecified atom stereocenters. The van der Waals surface area contributed by atoms with Crippen LogP contribution in [0.15, 0.2) is 36.5 Å². The van der Waals surface area contributed by atoms with Gasteiger partial charge in [-0.15, -0.1) is 0 Å². The maximum atomic E-state index is 4.41. The van der Waals surface area contributed by atoms with E-state index in [1.807, 2.05) is 12.3 Å². The summed E-state index contributed by atoms with van der Waals surface area (Å²) >= 11 is 0. The highest BCUT2D eigenvalue weighted by Gasteiger charge is 2.14. The average molecular weight is 227 g/mol. The molecule has 0 spiro atoms. The van der Waals surface area contributed by atoms with Crippen LogP contribution in [-0.2, 0) is 0 Å². The SMILES string of the molecule is CN1CCN(c2ccc3cccnc3c2)CC1. The third kappa shape index (κ3) is 2.11. The van der Waals surface area contributed by atoms with Crippen LogP contribution in [0.25, 0.3) is 10.9 Å². The number of likely N-dealkylation sites (N-methyl/N-ethyl adjacent to an activating group) is 1. The number of aromatic nitrogens is 1. The number of hydrogen-bond acceptors (Lipinski definition) is 3. The summed E-state index contributed by atoms with van der Waals surface area (Å²) in [6.07, 6.45) is 1.86. The quantitative estimate of drug-likeness (QED) is 0.742. The first-order chi connectivity index (χ1) is 8.33. The van der Waals surface area contributed by atoms with E-state index in [0.717, 1.165) is 31.7 Å². The molecule has 17 heavy (non-hydrogen) atoms. The van der Waals surface area contributed by atoms with E-state index >= 15 is 0 Å². The van der Waals surface area contributed by atoms with Crippen molar-refractivity contribution < 1.29 is 0 Å². The van der Waals surface area contributed by atoms with Gasteiger partial charge in [-0.3, -0.25) is 4.98 Å². The second-order valence-electron chi connectivity index (χ2n) is 4.67. The van der Waals surface area contributed by atoms with Gasteiger partial charge in [-0.25, -0.2) is 0 Å². The molecule has 1 aromatic heterocycles. The fraction of sp³-hybridized carbons (Fsp3) is 0.357. The maximum Gasteiger partial charge on any atom is 0.0722 e. The normalized spacial score (nSPS) is 17.6. The van der Waals surface area contributed by atoms with Crippen molar-refractivity contribution in [2.24, 2.45) is 0 Å². The van der Waals surface area contributed by atoms with Gasteiger partial charge >= 0.3 is 0 Å². The van der Waals surface area contributed by atoms with Crippen molar-refractivity contribution in [1.29, 1.82) is 0 Å². The molecule has 1 fully saturated rings. The van der Waals surface area contributed by atoms with Crippen LogP contribution in [0.1, 0.15) is 0 Å². The second kappa shape index (κ2) is 4.34. The van der Waals surface area contributed by atoms with Crippen LogP contribution in [0.4, 0.5) is 5.69 Å². The lowest BCUT2D eigenvalue weighted by molar-refractivity contribution is 0.313. The van der Waals surface area contributed by atoms with Gasteiger partial charge in [0.1, 0.15) is 0 Å². The Balaban J connectivity index is 1.90. The molecule has 2 aromatic rings. The zero-order valence-corrected chi connectivity index (χ0v) is 10.1. The van der Waals surface area contributed by atoms with Crippen molar-refractivity contribution in [3.05, 3.63) is 36.5 Å². The van der Waals surface area contributed by atoms with Crippen LogP contribution in [-0.4, -0.2) is 43.1 Å². The molecular weight excluding hydrogens is 210 g/mol. The number of rotatable bonds is 1. The van der Waals surface area contributed by atoms with E-state index in [1.165, 1.54) is 11.1 Å². The van der Waals surface area contributed by atoms with Crippen molar-refractivity contribution >= 4 is 16.6 Å². The van der Waals surface area contributed by atoms with E-state index in [4.69, 9.17) is 0 Å². The summed E-state index contributed by atoms with van der Waals surface area (Å²) in [6, 6.07) is 10.7. The molecule has 1 aliphatic heterocycles. The number of nitrogens with zero attached hydrogens (tertiary/aromatic N) is 3.